The average molecular weight is 450 g/mol. The summed E-state index contributed by atoms with van der Waals surface area (Å²) in [6, 6.07) is 11.6. The molecule has 9 heteroatoms. The van der Waals surface area contributed by atoms with E-state index in [9.17, 15) is 14.4 Å². The number of carbonyl (C=O) groups excluding carboxylic acids is 3. The second-order valence-corrected chi connectivity index (χ2v) is 9.26. The molecule has 2 unspecified atom stereocenters. The monoisotopic (exact) mass is 449 g/mol. The summed E-state index contributed by atoms with van der Waals surface area (Å²) in [5, 5.41) is 12.3. The van der Waals surface area contributed by atoms with Gasteiger partial charge in [0.2, 0.25) is 17.7 Å². The molecule has 2 aliphatic heterocycles. The first-order valence-electron chi connectivity index (χ1n) is 10.5. The van der Waals surface area contributed by atoms with Crippen LogP contribution in [0.3, 0.4) is 0 Å². The summed E-state index contributed by atoms with van der Waals surface area (Å²) in [7, 11) is 1.74. The lowest BCUT2D eigenvalue weighted by Gasteiger charge is -2.23. The van der Waals surface area contributed by atoms with Crippen LogP contribution < -0.4 is 15.5 Å². The zero-order valence-corrected chi connectivity index (χ0v) is 18.6. The van der Waals surface area contributed by atoms with Crippen molar-refractivity contribution in [2.24, 2.45) is 13.0 Å². The van der Waals surface area contributed by atoms with Gasteiger partial charge in [-0.25, -0.2) is 0 Å². The SMILES string of the molecule is Cc1ccc(N2CC(C(=O)Nc3nn(C)c4c3C(c3cccs3)CC(=O)N4)CC2=O)cc1. The summed E-state index contributed by atoms with van der Waals surface area (Å²) in [6.07, 6.45) is 0.449. The highest BCUT2D eigenvalue weighted by atomic mass is 32.1. The smallest absolute Gasteiger partial charge is 0.231 e. The van der Waals surface area contributed by atoms with Gasteiger partial charge in [0.25, 0.3) is 0 Å². The van der Waals surface area contributed by atoms with Crippen LogP contribution in [0.5, 0.6) is 0 Å². The number of amides is 3. The van der Waals surface area contributed by atoms with Crippen LogP contribution in [0.1, 0.15) is 34.8 Å². The maximum absolute atomic E-state index is 13.1. The molecule has 3 aromatic rings. The maximum atomic E-state index is 13.1. The Morgan fingerprint density at radius 3 is 2.69 bits per heavy atom. The minimum atomic E-state index is -0.472. The third-order valence-electron chi connectivity index (χ3n) is 6.05. The number of nitrogens with zero attached hydrogens (tertiary/aromatic N) is 3. The average Bonchev–Trinajstić information content (AvgIpc) is 3.49. The fourth-order valence-corrected chi connectivity index (χ4v) is 5.23. The van der Waals surface area contributed by atoms with Crippen molar-refractivity contribution in [1.82, 2.24) is 9.78 Å². The van der Waals surface area contributed by atoms with Crippen LogP contribution in [-0.4, -0.2) is 34.0 Å². The molecule has 0 radical (unpaired) electrons. The molecule has 5 rings (SSSR count). The van der Waals surface area contributed by atoms with Crippen molar-refractivity contribution >= 4 is 46.4 Å². The first-order chi connectivity index (χ1) is 15.4. The minimum absolute atomic E-state index is 0.0687. The van der Waals surface area contributed by atoms with E-state index in [0.29, 0.717) is 24.6 Å². The van der Waals surface area contributed by atoms with Crippen LogP contribution in [0.2, 0.25) is 0 Å². The molecule has 0 bridgehead atoms. The molecule has 8 nitrogen and oxygen atoms in total. The van der Waals surface area contributed by atoms with E-state index in [0.717, 1.165) is 21.7 Å². The van der Waals surface area contributed by atoms with Crippen LogP contribution in [0.4, 0.5) is 17.3 Å². The number of fused-ring (bicyclic) bond motifs is 1. The van der Waals surface area contributed by atoms with Crippen molar-refractivity contribution in [3.63, 3.8) is 0 Å². The van der Waals surface area contributed by atoms with Crippen LogP contribution in [0.15, 0.2) is 41.8 Å². The number of carbonyl (C=O) groups is 3. The highest BCUT2D eigenvalue weighted by Crippen LogP contribution is 2.43. The molecule has 0 saturated carbocycles. The fourth-order valence-electron chi connectivity index (χ4n) is 4.39. The molecule has 1 fully saturated rings. The summed E-state index contributed by atoms with van der Waals surface area (Å²) >= 11 is 1.58. The van der Waals surface area contributed by atoms with Gasteiger partial charge in [0.15, 0.2) is 5.82 Å². The molecule has 1 saturated heterocycles. The number of rotatable bonds is 4. The van der Waals surface area contributed by atoms with E-state index in [-0.39, 0.29) is 30.1 Å². The van der Waals surface area contributed by atoms with Crippen molar-refractivity contribution in [3.8, 4) is 0 Å². The van der Waals surface area contributed by atoms with E-state index in [1.165, 1.54) is 0 Å². The Bertz CT molecular complexity index is 1200. The number of benzene rings is 1. The molecule has 3 amide bonds. The first-order valence-corrected chi connectivity index (χ1v) is 11.4. The van der Waals surface area contributed by atoms with E-state index in [1.807, 2.05) is 48.7 Å². The van der Waals surface area contributed by atoms with Gasteiger partial charge in [0.1, 0.15) is 5.82 Å². The first kappa shape index (κ1) is 20.4. The van der Waals surface area contributed by atoms with Gasteiger partial charge >= 0.3 is 0 Å². The molecule has 32 heavy (non-hydrogen) atoms. The second kappa shape index (κ2) is 7.90. The largest absolute Gasteiger partial charge is 0.312 e. The Kier molecular flexibility index (Phi) is 5.05. The molecule has 2 N–H and O–H groups in total. The lowest BCUT2D eigenvalue weighted by atomic mass is 9.91. The lowest BCUT2D eigenvalue weighted by Crippen LogP contribution is -2.29. The third kappa shape index (κ3) is 3.58. The Labute approximate surface area is 189 Å². The van der Waals surface area contributed by atoms with Crippen molar-refractivity contribution in [2.75, 3.05) is 22.1 Å². The predicted molar refractivity (Wildman–Crippen MR) is 123 cm³/mol. The van der Waals surface area contributed by atoms with Gasteiger partial charge in [0, 0.05) is 48.5 Å². The molecule has 1 aromatic carbocycles. The Balaban J connectivity index is 1.39. The summed E-state index contributed by atoms with van der Waals surface area (Å²) in [4.78, 5) is 40.7. The predicted octanol–water partition coefficient (Wildman–Crippen LogP) is 3.26. The van der Waals surface area contributed by atoms with Crippen LogP contribution in [-0.2, 0) is 21.4 Å². The van der Waals surface area contributed by atoms with E-state index in [2.05, 4.69) is 15.7 Å². The normalized spacial score (nSPS) is 20.2. The van der Waals surface area contributed by atoms with Gasteiger partial charge in [-0.3, -0.25) is 19.1 Å². The van der Waals surface area contributed by atoms with Crippen LogP contribution in [0.25, 0.3) is 0 Å². The molecule has 2 aliphatic rings. The molecule has 2 atom stereocenters. The van der Waals surface area contributed by atoms with Crippen molar-refractivity contribution < 1.29 is 14.4 Å². The van der Waals surface area contributed by atoms with E-state index in [4.69, 9.17) is 0 Å². The van der Waals surface area contributed by atoms with E-state index >= 15 is 0 Å². The Morgan fingerprint density at radius 2 is 1.97 bits per heavy atom. The topological polar surface area (TPSA) is 96.3 Å². The van der Waals surface area contributed by atoms with Gasteiger partial charge in [-0.15, -0.1) is 11.3 Å². The summed E-state index contributed by atoms with van der Waals surface area (Å²) in [5.74, 6) is 0.00564. The number of nitrogens with one attached hydrogen (secondary N) is 2. The maximum Gasteiger partial charge on any atom is 0.231 e. The molecule has 2 aromatic heterocycles. The number of hydrogen-bond acceptors (Lipinski definition) is 5. The summed E-state index contributed by atoms with van der Waals surface area (Å²) in [5.41, 5.74) is 2.72. The van der Waals surface area contributed by atoms with Gasteiger partial charge < -0.3 is 15.5 Å². The minimum Gasteiger partial charge on any atom is -0.312 e. The molecule has 0 spiro atoms. The standard InChI is InChI=1S/C23H23N5O3S/c1-13-5-7-15(8-6-13)28-12-14(10-19(28)30)23(31)25-21-20-16(17-4-3-9-32-17)11-18(29)24-22(20)27(2)26-21/h3-9,14,16H,10-12H2,1-2H3,(H,24,29)(H,25,26,31). The van der Waals surface area contributed by atoms with Crippen LogP contribution >= 0.6 is 11.3 Å². The van der Waals surface area contributed by atoms with E-state index < -0.39 is 5.92 Å². The van der Waals surface area contributed by atoms with Crippen molar-refractivity contribution in [3.05, 3.63) is 57.8 Å². The highest BCUT2D eigenvalue weighted by molar-refractivity contribution is 7.10. The molecule has 4 heterocycles. The molecule has 0 aliphatic carbocycles. The second-order valence-electron chi connectivity index (χ2n) is 8.28. The van der Waals surface area contributed by atoms with Crippen molar-refractivity contribution in [1.29, 1.82) is 0 Å². The Hall–Kier alpha value is -3.46. The quantitative estimate of drug-likeness (QED) is 0.639. The number of aryl methyl sites for hydroxylation is 2. The zero-order valence-electron chi connectivity index (χ0n) is 17.8. The number of anilines is 3. The van der Waals surface area contributed by atoms with Gasteiger partial charge in [0.05, 0.1) is 5.92 Å². The van der Waals surface area contributed by atoms with E-state index in [1.54, 1.807) is 28.0 Å². The number of thiophene rings is 1. The van der Waals surface area contributed by atoms with Gasteiger partial charge in [-0.05, 0) is 30.5 Å². The number of hydrogen-bond donors (Lipinski definition) is 2. The molecular formula is C23H23N5O3S. The summed E-state index contributed by atoms with van der Waals surface area (Å²) in [6.45, 7) is 2.32. The lowest BCUT2D eigenvalue weighted by molar-refractivity contribution is -0.122. The molecular weight excluding hydrogens is 426 g/mol. The third-order valence-corrected chi connectivity index (χ3v) is 7.04. The summed E-state index contributed by atoms with van der Waals surface area (Å²) < 4.78 is 1.58. The highest BCUT2D eigenvalue weighted by Gasteiger charge is 2.38. The van der Waals surface area contributed by atoms with Gasteiger partial charge in [-0.1, -0.05) is 23.8 Å². The molecule has 164 valence electrons. The van der Waals surface area contributed by atoms with Crippen molar-refractivity contribution in [2.45, 2.75) is 25.7 Å². The number of aromatic nitrogens is 2. The van der Waals surface area contributed by atoms with Crippen LogP contribution in [0, 0.1) is 12.8 Å². The fraction of sp³-hybridized carbons (Fsp3) is 0.304. The zero-order chi connectivity index (χ0) is 22.4. The van der Waals surface area contributed by atoms with Gasteiger partial charge in [-0.2, -0.15) is 5.10 Å². The Morgan fingerprint density at radius 1 is 1.19 bits per heavy atom.